The summed E-state index contributed by atoms with van der Waals surface area (Å²) in [5, 5.41) is 4.42. The van der Waals surface area contributed by atoms with Crippen molar-refractivity contribution in [2.45, 2.75) is 0 Å². The molecule has 20 heavy (non-hydrogen) atoms. The normalized spacial score (nSPS) is 10.8. The molecule has 0 fully saturated rings. The van der Waals surface area contributed by atoms with E-state index < -0.39 is 11.6 Å². The zero-order chi connectivity index (χ0) is 14.1. The fourth-order valence-electron chi connectivity index (χ4n) is 1.85. The fraction of sp³-hybridized carbons (Fsp3) is 0. The Kier molecular flexibility index (Phi) is 3.20. The Morgan fingerprint density at radius 1 is 1.00 bits per heavy atom. The monoisotopic (exact) mass is 291 g/mol. The van der Waals surface area contributed by atoms with E-state index in [0.717, 1.165) is 12.1 Å². The maximum absolute atomic E-state index is 13.4. The number of nitrogens with zero attached hydrogens (tertiary/aromatic N) is 2. The van der Waals surface area contributed by atoms with Crippen LogP contribution in [0.1, 0.15) is 0 Å². The molecule has 0 saturated carbocycles. The Morgan fingerprint density at radius 3 is 2.55 bits per heavy atom. The first-order chi connectivity index (χ1) is 9.63. The van der Waals surface area contributed by atoms with Crippen LogP contribution in [0.4, 0.5) is 20.3 Å². The highest BCUT2D eigenvalue weighted by atomic mass is 35.5. The molecule has 0 aliphatic rings. The van der Waals surface area contributed by atoms with Crippen molar-refractivity contribution >= 4 is 33.9 Å². The smallest absolute Gasteiger partial charge is 0.159 e. The second kappa shape index (κ2) is 5.02. The second-order valence-electron chi connectivity index (χ2n) is 4.14. The van der Waals surface area contributed by atoms with E-state index in [1.807, 2.05) is 0 Å². The van der Waals surface area contributed by atoms with Gasteiger partial charge in [0, 0.05) is 11.6 Å². The van der Waals surface area contributed by atoms with Crippen LogP contribution < -0.4 is 5.32 Å². The summed E-state index contributed by atoms with van der Waals surface area (Å²) in [5.74, 6) is -1.38. The number of fused-ring (bicyclic) bond motifs is 1. The molecule has 0 amide bonds. The lowest BCUT2D eigenvalue weighted by Gasteiger charge is -2.09. The molecule has 0 radical (unpaired) electrons. The first-order valence-corrected chi connectivity index (χ1v) is 6.13. The topological polar surface area (TPSA) is 37.8 Å². The van der Waals surface area contributed by atoms with Crippen molar-refractivity contribution in [3.8, 4) is 0 Å². The lowest BCUT2D eigenvalue weighted by Crippen LogP contribution is -1.96. The van der Waals surface area contributed by atoms with Gasteiger partial charge in [-0.2, -0.15) is 0 Å². The highest BCUT2D eigenvalue weighted by Gasteiger charge is 2.08. The van der Waals surface area contributed by atoms with Crippen molar-refractivity contribution in [2.75, 3.05) is 5.32 Å². The molecule has 3 aromatic rings. The maximum atomic E-state index is 13.4. The Hall–Kier alpha value is -2.27. The number of pyridine rings is 2. The summed E-state index contributed by atoms with van der Waals surface area (Å²) >= 11 is 5.70. The van der Waals surface area contributed by atoms with Gasteiger partial charge in [0.1, 0.15) is 11.0 Å². The van der Waals surface area contributed by atoms with Crippen molar-refractivity contribution in [3.63, 3.8) is 0 Å². The van der Waals surface area contributed by atoms with Gasteiger partial charge in [0.25, 0.3) is 0 Å². The third kappa shape index (κ3) is 2.40. The van der Waals surface area contributed by atoms with Crippen LogP contribution >= 0.6 is 11.6 Å². The van der Waals surface area contributed by atoms with Crippen LogP contribution in [0.3, 0.4) is 0 Å². The summed E-state index contributed by atoms with van der Waals surface area (Å²) in [6.07, 6.45) is 3.05. The standard InChI is InChI=1S/C14H8ClF2N3/c15-13-2-1-9(7-19-13)20-14-10-6-12(17)11(16)5-8(10)3-4-18-14/h1-7H,(H,18,20). The van der Waals surface area contributed by atoms with Gasteiger partial charge < -0.3 is 5.32 Å². The first kappa shape index (κ1) is 12.7. The summed E-state index contributed by atoms with van der Waals surface area (Å²) in [5.41, 5.74) is 0.652. The van der Waals surface area contributed by atoms with Crippen molar-refractivity contribution in [2.24, 2.45) is 0 Å². The van der Waals surface area contributed by atoms with Gasteiger partial charge in [0.05, 0.1) is 11.9 Å². The minimum absolute atomic E-state index is 0.370. The lowest BCUT2D eigenvalue weighted by molar-refractivity contribution is 0.511. The molecule has 0 unspecified atom stereocenters. The van der Waals surface area contributed by atoms with Gasteiger partial charge in [-0.15, -0.1) is 0 Å². The third-order valence-electron chi connectivity index (χ3n) is 2.80. The summed E-state index contributed by atoms with van der Waals surface area (Å²) < 4.78 is 26.6. The van der Waals surface area contributed by atoms with E-state index in [2.05, 4.69) is 15.3 Å². The van der Waals surface area contributed by atoms with Crippen LogP contribution in [-0.4, -0.2) is 9.97 Å². The number of aromatic nitrogens is 2. The zero-order valence-corrected chi connectivity index (χ0v) is 10.8. The van der Waals surface area contributed by atoms with Crippen molar-refractivity contribution < 1.29 is 8.78 Å². The Labute approximate surface area is 118 Å². The minimum atomic E-state index is -0.914. The van der Waals surface area contributed by atoms with E-state index in [1.54, 1.807) is 18.2 Å². The fourth-order valence-corrected chi connectivity index (χ4v) is 1.96. The lowest BCUT2D eigenvalue weighted by atomic mass is 10.1. The number of benzene rings is 1. The molecule has 1 aromatic carbocycles. The highest BCUT2D eigenvalue weighted by molar-refractivity contribution is 6.29. The number of anilines is 2. The van der Waals surface area contributed by atoms with E-state index in [9.17, 15) is 8.78 Å². The second-order valence-corrected chi connectivity index (χ2v) is 4.53. The number of hydrogen-bond acceptors (Lipinski definition) is 3. The summed E-state index contributed by atoms with van der Waals surface area (Å²) in [6.45, 7) is 0. The van der Waals surface area contributed by atoms with Gasteiger partial charge >= 0.3 is 0 Å². The number of nitrogens with one attached hydrogen (secondary N) is 1. The summed E-state index contributed by atoms with van der Waals surface area (Å²) in [6, 6.07) is 7.20. The molecule has 0 bridgehead atoms. The molecule has 0 aliphatic carbocycles. The average Bonchev–Trinajstić information content (AvgIpc) is 2.43. The van der Waals surface area contributed by atoms with Gasteiger partial charge in [-0.05, 0) is 35.7 Å². The van der Waals surface area contributed by atoms with Crippen LogP contribution in [0.2, 0.25) is 5.15 Å². The Bertz CT molecular complexity index is 775. The molecule has 2 heterocycles. The van der Waals surface area contributed by atoms with Crippen LogP contribution in [0.15, 0.2) is 42.7 Å². The molecule has 6 heteroatoms. The average molecular weight is 292 g/mol. The van der Waals surface area contributed by atoms with Gasteiger partial charge in [0.15, 0.2) is 11.6 Å². The third-order valence-corrected chi connectivity index (χ3v) is 3.02. The highest BCUT2D eigenvalue weighted by Crippen LogP contribution is 2.26. The molecule has 0 saturated heterocycles. The van der Waals surface area contributed by atoms with E-state index in [0.29, 0.717) is 27.4 Å². The summed E-state index contributed by atoms with van der Waals surface area (Å²) in [4.78, 5) is 8.06. The molecule has 1 N–H and O–H groups in total. The predicted octanol–water partition coefficient (Wildman–Crippen LogP) is 4.31. The predicted molar refractivity (Wildman–Crippen MR) is 74.2 cm³/mol. The Morgan fingerprint density at radius 2 is 1.80 bits per heavy atom. The number of halogens is 3. The number of hydrogen-bond donors (Lipinski definition) is 1. The first-order valence-electron chi connectivity index (χ1n) is 5.76. The molecule has 2 aromatic heterocycles. The van der Waals surface area contributed by atoms with Gasteiger partial charge in [0.2, 0.25) is 0 Å². The van der Waals surface area contributed by atoms with E-state index in [4.69, 9.17) is 11.6 Å². The zero-order valence-electron chi connectivity index (χ0n) is 10.1. The van der Waals surface area contributed by atoms with Crippen LogP contribution in [-0.2, 0) is 0 Å². The van der Waals surface area contributed by atoms with Crippen LogP contribution in [0.5, 0.6) is 0 Å². The van der Waals surface area contributed by atoms with Gasteiger partial charge in [-0.25, -0.2) is 18.7 Å². The van der Waals surface area contributed by atoms with Crippen molar-refractivity contribution in [1.82, 2.24) is 9.97 Å². The minimum Gasteiger partial charge on any atom is -0.338 e. The molecule has 0 aliphatic heterocycles. The van der Waals surface area contributed by atoms with E-state index in [1.165, 1.54) is 12.4 Å². The van der Waals surface area contributed by atoms with Gasteiger partial charge in [-0.3, -0.25) is 0 Å². The molecule has 0 atom stereocenters. The Balaban J connectivity index is 2.07. The summed E-state index contributed by atoms with van der Waals surface area (Å²) in [7, 11) is 0. The van der Waals surface area contributed by atoms with E-state index in [-0.39, 0.29) is 0 Å². The van der Waals surface area contributed by atoms with Crippen LogP contribution in [0.25, 0.3) is 10.8 Å². The molecular weight excluding hydrogens is 284 g/mol. The molecule has 100 valence electrons. The van der Waals surface area contributed by atoms with E-state index >= 15 is 0 Å². The number of rotatable bonds is 2. The van der Waals surface area contributed by atoms with Gasteiger partial charge in [-0.1, -0.05) is 11.6 Å². The largest absolute Gasteiger partial charge is 0.338 e. The van der Waals surface area contributed by atoms with Crippen LogP contribution in [0, 0.1) is 11.6 Å². The molecule has 3 nitrogen and oxygen atoms in total. The SMILES string of the molecule is Fc1cc2ccnc(Nc3ccc(Cl)nc3)c2cc1F. The molecule has 0 spiro atoms. The molecule has 3 rings (SSSR count). The maximum Gasteiger partial charge on any atom is 0.159 e. The van der Waals surface area contributed by atoms with Crippen molar-refractivity contribution in [1.29, 1.82) is 0 Å². The van der Waals surface area contributed by atoms with Crippen molar-refractivity contribution in [3.05, 3.63) is 59.5 Å². The molecular formula is C14H8ClF2N3. The quantitative estimate of drug-likeness (QED) is 0.715.